The van der Waals surface area contributed by atoms with Crippen LogP contribution >= 0.6 is 23.5 Å². The van der Waals surface area contributed by atoms with Crippen LogP contribution in [0.1, 0.15) is 50.2 Å². The molecule has 1 aromatic rings. The van der Waals surface area contributed by atoms with Crippen LogP contribution in [0.2, 0.25) is 0 Å². The van der Waals surface area contributed by atoms with E-state index >= 15 is 0 Å². The summed E-state index contributed by atoms with van der Waals surface area (Å²) >= 11 is 4.03. The predicted molar refractivity (Wildman–Crippen MR) is 95.5 cm³/mol. The highest BCUT2D eigenvalue weighted by Gasteiger charge is 2.32. The van der Waals surface area contributed by atoms with Gasteiger partial charge in [-0.1, -0.05) is 38.1 Å². The molecule has 21 heavy (non-hydrogen) atoms. The van der Waals surface area contributed by atoms with E-state index < -0.39 is 0 Å². The number of aryl methyl sites for hydroxylation is 1. The third-order valence-corrected chi connectivity index (χ3v) is 8.56. The summed E-state index contributed by atoms with van der Waals surface area (Å²) in [6.07, 6.45) is 4.51. The number of hydrogen-bond acceptors (Lipinski definition) is 3. The van der Waals surface area contributed by atoms with E-state index in [9.17, 15) is 5.11 Å². The summed E-state index contributed by atoms with van der Waals surface area (Å²) < 4.78 is 0. The van der Waals surface area contributed by atoms with Crippen LogP contribution in [-0.4, -0.2) is 32.7 Å². The van der Waals surface area contributed by atoms with Gasteiger partial charge in [0.15, 0.2) is 0 Å². The quantitative estimate of drug-likeness (QED) is 0.886. The molecule has 0 amide bonds. The summed E-state index contributed by atoms with van der Waals surface area (Å²) in [5, 5.41) is 12.5. The molecule has 5 unspecified atom stereocenters. The lowest BCUT2D eigenvalue weighted by molar-refractivity contribution is 0.153. The molecule has 1 saturated heterocycles. The second-order valence-electron chi connectivity index (χ2n) is 6.51. The highest BCUT2D eigenvalue weighted by atomic mass is 32.2. The molecule has 0 saturated carbocycles. The first-order valence-electron chi connectivity index (χ1n) is 8.18. The standard InChI is InChI=1S/C18H26OS2/c1-12-13(2)21-18(11-20-12)17(19)10-15-8-5-7-14-6-3-4-9-16(14)15/h3-4,6,9,12-13,15,17-19H,5,7-8,10-11H2,1-2H3. The van der Waals surface area contributed by atoms with Crippen molar-refractivity contribution in [2.24, 2.45) is 0 Å². The van der Waals surface area contributed by atoms with Crippen LogP contribution in [0.15, 0.2) is 24.3 Å². The predicted octanol–water partition coefficient (Wildman–Crippen LogP) is 4.48. The minimum Gasteiger partial charge on any atom is -0.392 e. The highest BCUT2D eigenvalue weighted by Crippen LogP contribution is 2.41. The van der Waals surface area contributed by atoms with Gasteiger partial charge in [-0.05, 0) is 42.7 Å². The van der Waals surface area contributed by atoms with Crippen molar-refractivity contribution in [2.45, 2.75) is 67.3 Å². The third-order valence-electron chi connectivity index (χ3n) is 5.02. The molecule has 1 heterocycles. The molecule has 5 atom stereocenters. The Labute approximate surface area is 137 Å². The first-order chi connectivity index (χ1) is 10.1. The average Bonchev–Trinajstić information content (AvgIpc) is 2.50. The van der Waals surface area contributed by atoms with E-state index in [0.717, 1.165) is 12.2 Å². The third kappa shape index (κ3) is 3.62. The number of aliphatic hydroxyl groups excluding tert-OH is 1. The molecule has 0 bridgehead atoms. The maximum Gasteiger partial charge on any atom is 0.0672 e. The number of aliphatic hydroxyl groups is 1. The fourth-order valence-corrected chi connectivity index (χ4v) is 6.58. The maximum absolute atomic E-state index is 10.7. The largest absolute Gasteiger partial charge is 0.392 e. The lowest BCUT2D eigenvalue weighted by Gasteiger charge is -2.36. The molecular formula is C18H26OS2. The normalized spacial score (nSPS) is 34.2. The Hall–Kier alpha value is -0.120. The fraction of sp³-hybridized carbons (Fsp3) is 0.667. The van der Waals surface area contributed by atoms with Crippen LogP contribution < -0.4 is 0 Å². The zero-order valence-corrected chi connectivity index (χ0v) is 14.6. The van der Waals surface area contributed by atoms with E-state index in [1.807, 2.05) is 23.5 Å². The van der Waals surface area contributed by atoms with Crippen LogP contribution in [0.4, 0.5) is 0 Å². The summed E-state index contributed by atoms with van der Waals surface area (Å²) in [6, 6.07) is 8.84. The van der Waals surface area contributed by atoms with Crippen molar-refractivity contribution in [3.8, 4) is 0 Å². The van der Waals surface area contributed by atoms with Crippen molar-refractivity contribution in [2.75, 3.05) is 5.75 Å². The Morgan fingerprint density at radius 1 is 1.24 bits per heavy atom. The second kappa shape index (κ2) is 6.97. The number of benzene rings is 1. The van der Waals surface area contributed by atoms with Gasteiger partial charge < -0.3 is 5.11 Å². The van der Waals surface area contributed by atoms with Gasteiger partial charge in [0, 0.05) is 21.5 Å². The van der Waals surface area contributed by atoms with E-state index in [-0.39, 0.29) is 6.10 Å². The van der Waals surface area contributed by atoms with Gasteiger partial charge in [-0.2, -0.15) is 23.5 Å². The number of fused-ring (bicyclic) bond motifs is 1. The van der Waals surface area contributed by atoms with Gasteiger partial charge in [0.1, 0.15) is 0 Å². The van der Waals surface area contributed by atoms with Crippen molar-refractivity contribution >= 4 is 23.5 Å². The monoisotopic (exact) mass is 322 g/mol. The zero-order chi connectivity index (χ0) is 14.8. The molecule has 0 aromatic heterocycles. The van der Waals surface area contributed by atoms with Gasteiger partial charge in [-0.25, -0.2) is 0 Å². The van der Waals surface area contributed by atoms with E-state index in [2.05, 4.69) is 38.1 Å². The fourth-order valence-electron chi connectivity index (χ4n) is 3.55. The van der Waals surface area contributed by atoms with Crippen molar-refractivity contribution in [1.29, 1.82) is 0 Å². The van der Waals surface area contributed by atoms with E-state index in [0.29, 0.717) is 21.7 Å². The number of thioether (sulfide) groups is 2. The Bertz CT molecular complexity index is 476. The van der Waals surface area contributed by atoms with Crippen molar-refractivity contribution in [3.05, 3.63) is 35.4 Å². The van der Waals surface area contributed by atoms with Crippen LogP contribution in [0.5, 0.6) is 0 Å². The van der Waals surface area contributed by atoms with Crippen molar-refractivity contribution in [3.63, 3.8) is 0 Å². The zero-order valence-electron chi connectivity index (χ0n) is 13.0. The minimum atomic E-state index is -0.159. The van der Waals surface area contributed by atoms with Crippen LogP contribution in [0, 0.1) is 0 Å². The Morgan fingerprint density at radius 3 is 2.86 bits per heavy atom. The van der Waals surface area contributed by atoms with Gasteiger partial charge in [0.2, 0.25) is 0 Å². The summed E-state index contributed by atoms with van der Waals surface area (Å²) in [5.74, 6) is 1.66. The molecule has 0 spiro atoms. The van der Waals surface area contributed by atoms with Crippen molar-refractivity contribution < 1.29 is 5.11 Å². The summed E-state index contributed by atoms with van der Waals surface area (Å²) in [6.45, 7) is 4.61. The molecule has 116 valence electrons. The lowest BCUT2D eigenvalue weighted by Crippen LogP contribution is -2.35. The Morgan fingerprint density at radius 2 is 2.05 bits per heavy atom. The van der Waals surface area contributed by atoms with Crippen LogP contribution in [0.3, 0.4) is 0 Å². The SMILES string of the molecule is CC1SCC(C(O)CC2CCCc3ccccc32)SC1C. The molecule has 3 rings (SSSR count). The molecule has 1 aromatic carbocycles. The first-order valence-corrected chi connectivity index (χ1v) is 10.2. The van der Waals surface area contributed by atoms with Gasteiger partial charge in [0.25, 0.3) is 0 Å². The van der Waals surface area contributed by atoms with Crippen molar-refractivity contribution in [1.82, 2.24) is 0 Å². The topological polar surface area (TPSA) is 20.2 Å². The summed E-state index contributed by atoms with van der Waals surface area (Å²) in [7, 11) is 0. The molecule has 2 aliphatic rings. The Balaban J connectivity index is 1.64. The number of hydrogen-bond donors (Lipinski definition) is 1. The number of rotatable bonds is 3. The molecule has 1 fully saturated rings. The molecule has 1 aliphatic carbocycles. The molecule has 1 aliphatic heterocycles. The molecular weight excluding hydrogens is 296 g/mol. The molecule has 3 heteroatoms. The van der Waals surface area contributed by atoms with E-state index in [1.54, 1.807) is 0 Å². The maximum atomic E-state index is 10.7. The van der Waals surface area contributed by atoms with Gasteiger partial charge in [0.05, 0.1) is 6.10 Å². The van der Waals surface area contributed by atoms with E-state index in [4.69, 9.17) is 0 Å². The minimum absolute atomic E-state index is 0.159. The van der Waals surface area contributed by atoms with Gasteiger partial charge >= 0.3 is 0 Å². The highest BCUT2D eigenvalue weighted by molar-refractivity contribution is 8.07. The smallest absolute Gasteiger partial charge is 0.0672 e. The van der Waals surface area contributed by atoms with Gasteiger partial charge in [-0.15, -0.1) is 0 Å². The Kier molecular flexibility index (Phi) is 5.23. The lowest BCUT2D eigenvalue weighted by atomic mass is 9.80. The van der Waals surface area contributed by atoms with E-state index in [1.165, 1.54) is 30.4 Å². The molecule has 0 radical (unpaired) electrons. The van der Waals surface area contributed by atoms with Crippen LogP contribution in [0.25, 0.3) is 0 Å². The van der Waals surface area contributed by atoms with Crippen LogP contribution in [-0.2, 0) is 6.42 Å². The average molecular weight is 323 g/mol. The summed E-state index contributed by atoms with van der Waals surface area (Å²) in [5.41, 5.74) is 3.01. The molecule has 1 nitrogen and oxygen atoms in total. The van der Waals surface area contributed by atoms with Gasteiger partial charge in [-0.3, -0.25) is 0 Å². The first kappa shape index (κ1) is 15.8. The second-order valence-corrected chi connectivity index (χ2v) is 9.54. The summed E-state index contributed by atoms with van der Waals surface area (Å²) in [4.78, 5) is 0. The molecule has 1 N–H and O–H groups in total.